The highest BCUT2D eigenvalue weighted by molar-refractivity contribution is 5.81. The fourth-order valence-electron chi connectivity index (χ4n) is 2.21. The maximum atomic E-state index is 12.1. The average Bonchev–Trinajstić information content (AvgIpc) is 2.75. The first-order valence-corrected chi connectivity index (χ1v) is 6.20. The zero-order valence-electron chi connectivity index (χ0n) is 10.5. The molecule has 2 heterocycles. The minimum Gasteiger partial charge on any atom is -0.464 e. The fraction of sp³-hybridized carbons (Fsp3) is 0.615. The van der Waals surface area contributed by atoms with E-state index in [1.807, 2.05) is 26.1 Å². The van der Waals surface area contributed by atoms with Gasteiger partial charge >= 0.3 is 0 Å². The standard InChI is InChI=1S/C13H20N2O2/c1-10-6-7-11(17-10)9-15(2)13(16)12-5-3-4-8-14-12/h6-7,12,14H,3-5,8-9H2,1-2H3/t12-/m1/s1. The molecular weight excluding hydrogens is 216 g/mol. The number of nitrogens with zero attached hydrogens (tertiary/aromatic N) is 1. The molecule has 0 bridgehead atoms. The zero-order valence-corrected chi connectivity index (χ0v) is 10.5. The summed E-state index contributed by atoms with van der Waals surface area (Å²) in [6, 6.07) is 3.84. The van der Waals surface area contributed by atoms with Crippen molar-refractivity contribution in [3.63, 3.8) is 0 Å². The van der Waals surface area contributed by atoms with Gasteiger partial charge in [-0.05, 0) is 38.4 Å². The maximum Gasteiger partial charge on any atom is 0.239 e. The van der Waals surface area contributed by atoms with Crippen LogP contribution in [0.4, 0.5) is 0 Å². The van der Waals surface area contributed by atoms with Crippen molar-refractivity contribution in [2.45, 2.75) is 38.8 Å². The monoisotopic (exact) mass is 236 g/mol. The smallest absolute Gasteiger partial charge is 0.239 e. The van der Waals surface area contributed by atoms with Gasteiger partial charge < -0.3 is 14.6 Å². The summed E-state index contributed by atoms with van der Waals surface area (Å²) in [7, 11) is 1.83. The summed E-state index contributed by atoms with van der Waals surface area (Å²) in [6.07, 6.45) is 3.25. The average molecular weight is 236 g/mol. The number of likely N-dealkylation sites (N-methyl/N-ethyl adjacent to an activating group) is 1. The molecule has 0 radical (unpaired) electrons. The number of carbonyl (C=O) groups excluding carboxylic acids is 1. The van der Waals surface area contributed by atoms with Crippen molar-refractivity contribution in [2.24, 2.45) is 0 Å². The van der Waals surface area contributed by atoms with Crippen LogP contribution in [0.3, 0.4) is 0 Å². The van der Waals surface area contributed by atoms with E-state index >= 15 is 0 Å². The SMILES string of the molecule is Cc1ccc(CN(C)C(=O)[C@H]2CCCCN2)o1. The van der Waals surface area contributed by atoms with Gasteiger partial charge in [-0.1, -0.05) is 6.42 Å². The quantitative estimate of drug-likeness (QED) is 0.868. The number of carbonyl (C=O) groups is 1. The minimum atomic E-state index is -0.00944. The van der Waals surface area contributed by atoms with E-state index < -0.39 is 0 Å². The molecule has 17 heavy (non-hydrogen) atoms. The summed E-state index contributed by atoms with van der Waals surface area (Å²) < 4.78 is 5.48. The lowest BCUT2D eigenvalue weighted by Crippen LogP contribution is -2.46. The Labute approximate surface area is 102 Å². The van der Waals surface area contributed by atoms with Crippen molar-refractivity contribution in [1.82, 2.24) is 10.2 Å². The van der Waals surface area contributed by atoms with Crippen molar-refractivity contribution in [3.05, 3.63) is 23.7 Å². The molecule has 0 saturated carbocycles. The van der Waals surface area contributed by atoms with Gasteiger partial charge in [-0.2, -0.15) is 0 Å². The second-order valence-corrected chi connectivity index (χ2v) is 4.71. The third kappa shape index (κ3) is 3.09. The number of furan rings is 1. The number of rotatable bonds is 3. The Kier molecular flexibility index (Phi) is 3.84. The van der Waals surface area contributed by atoms with Crippen molar-refractivity contribution in [2.75, 3.05) is 13.6 Å². The molecule has 0 aromatic carbocycles. The first kappa shape index (κ1) is 12.2. The summed E-state index contributed by atoms with van der Waals surface area (Å²) >= 11 is 0. The normalized spacial score (nSPS) is 20.2. The molecule has 1 aromatic rings. The van der Waals surface area contributed by atoms with Crippen molar-refractivity contribution < 1.29 is 9.21 Å². The van der Waals surface area contributed by atoms with Crippen LogP contribution in [0, 0.1) is 6.92 Å². The summed E-state index contributed by atoms with van der Waals surface area (Å²) in [4.78, 5) is 13.9. The van der Waals surface area contributed by atoms with Crippen LogP contribution in [0.15, 0.2) is 16.5 Å². The lowest BCUT2D eigenvalue weighted by molar-refractivity contribution is -0.133. The van der Waals surface area contributed by atoms with Gasteiger partial charge in [-0.15, -0.1) is 0 Å². The van der Waals surface area contributed by atoms with Crippen molar-refractivity contribution in [1.29, 1.82) is 0 Å². The molecule has 1 saturated heterocycles. The van der Waals surface area contributed by atoms with E-state index in [9.17, 15) is 4.79 Å². The molecule has 1 aliphatic rings. The van der Waals surface area contributed by atoms with Crippen LogP contribution in [0.25, 0.3) is 0 Å². The minimum absolute atomic E-state index is 0.00944. The maximum absolute atomic E-state index is 12.1. The Balaban J connectivity index is 1.90. The largest absolute Gasteiger partial charge is 0.464 e. The van der Waals surface area contributed by atoms with Crippen LogP contribution >= 0.6 is 0 Å². The number of hydrogen-bond acceptors (Lipinski definition) is 3. The van der Waals surface area contributed by atoms with E-state index in [0.717, 1.165) is 30.9 Å². The lowest BCUT2D eigenvalue weighted by Gasteiger charge is -2.26. The van der Waals surface area contributed by atoms with E-state index in [4.69, 9.17) is 4.42 Å². The Morgan fingerprint density at radius 3 is 2.94 bits per heavy atom. The molecule has 4 heteroatoms. The lowest BCUT2D eigenvalue weighted by atomic mass is 10.0. The van der Waals surface area contributed by atoms with Gasteiger partial charge in [0.15, 0.2) is 0 Å². The van der Waals surface area contributed by atoms with E-state index in [1.165, 1.54) is 6.42 Å². The molecule has 94 valence electrons. The first-order valence-electron chi connectivity index (χ1n) is 6.20. The predicted octanol–water partition coefficient (Wildman–Crippen LogP) is 1.69. The molecule has 1 aliphatic heterocycles. The highest BCUT2D eigenvalue weighted by atomic mass is 16.3. The Morgan fingerprint density at radius 1 is 1.53 bits per heavy atom. The predicted molar refractivity (Wildman–Crippen MR) is 65.6 cm³/mol. The van der Waals surface area contributed by atoms with E-state index in [0.29, 0.717) is 6.54 Å². The molecule has 4 nitrogen and oxygen atoms in total. The molecular formula is C13H20N2O2. The van der Waals surface area contributed by atoms with Gasteiger partial charge in [0.25, 0.3) is 0 Å². The summed E-state index contributed by atoms with van der Waals surface area (Å²) in [6.45, 7) is 3.41. The molecule has 0 unspecified atom stereocenters. The van der Waals surface area contributed by atoms with Gasteiger partial charge in [0.1, 0.15) is 11.5 Å². The van der Waals surface area contributed by atoms with Gasteiger partial charge in [-0.3, -0.25) is 4.79 Å². The molecule has 1 N–H and O–H groups in total. The van der Waals surface area contributed by atoms with Crippen LogP contribution in [-0.2, 0) is 11.3 Å². The molecule has 2 rings (SSSR count). The summed E-state index contributed by atoms with van der Waals surface area (Å²) in [5.41, 5.74) is 0. The highest BCUT2D eigenvalue weighted by Gasteiger charge is 2.23. The van der Waals surface area contributed by atoms with Crippen LogP contribution < -0.4 is 5.32 Å². The third-order valence-corrected chi connectivity index (χ3v) is 3.17. The third-order valence-electron chi connectivity index (χ3n) is 3.17. The Hall–Kier alpha value is -1.29. The molecule has 0 aliphatic carbocycles. The van der Waals surface area contributed by atoms with Crippen LogP contribution in [0.1, 0.15) is 30.8 Å². The van der Waals surface area contributed by atoms with Crippen molar-refractivity contribution in [3.8, 4) is 0 Å². The molecule has 1 atom stereocenters. The Bertz CT molecular complexity index is 381. The number of aryl methyl sites for hydroxylation is 1. The second-order valence-electron chi connectivity index (χ2n) is 4.71. The number of hydrogen-bond donors (Lipinski definition) is 1. The molecule has 1 amide bonds. The number of nitrogens with one attached hydrogen (secondary N) is 1. The van der Waals surface area contributed by atoms with Gasteiger partial charge in [0.2, 0.25) is 5.91 Å². The topological polar surface area (TPSA) is 45.5 Å². The van der Waals surface area contributed by atoms with Gasteiger partial charge in [0.05, 0.1) is 12.6 Å². The molecule has 1 aromatic heterocycles. The zero-order chi connectivity index (χ0) is 12.3. The highest BCUT2D eigenvalue weighted by Crippen LogP contribution is 2.12. The van der Waals surface area contributed by atoms with E-state index in [2.05, 4.69) is 5.32 Å². The van der Waals surface area contributed by atoms with Crippen LogP contribution in [0.2, 0.25) is 0 Å². The van der Waals surface area contributed by atoms with Gasteiger partial charge in [-0.25, -0.2) is 0 Å². The summed E-state index contributed by atoms with van der Waals surface area (Å²) in [5, 5.41) is 3.27. The van der Waals surface area contributed by atoms with Crippen LogP contribution in [0.5, 0.6) is 0 Å². The molecule has 1 fully saturated rings. The fourth-order valence-corrected chi connectivity index (χ4v) is 2.21. The second kappa shape index (κ2) is 5.36. The number of piperidine rings is 1. The Morgan fingerprint density at radius 2 is 2.35 bits per heavy atom. The molecule has 0 spiro atoms. The van der Waals surface area contributed by atoms with E-state index in [-0.39, 0.29) is 11.9 Å². The van der Waals surface area contributed by atoms with Gasteiger partial charge in [0, 0.05) is 7.05 Å². The van der Waals surface area contributed by atoms with Crippen molar-refractivity contribution >= 4 is 5.91 Å². The first-order chi connectivity index (χ1) is 8.16. The number of amides is 1. The summed E-state index contributed by atoms with van der Waals surface area (Å²) in [5.74, 6) is 1.89. The van der Waals surface area contributed by atoms with Crippen LogP contribution in [-0.4, -0.2) is 30.4 Å². The van der Waals surface area contributed by atoms with E-state index in [1.54, 1.807) is 4.90 Å².